The van der Waals surface area contributed by atoms with Gasteiger partial charge in [-0.3, -0.25) is 14.2 Å². The van der Waals surface area contributed by atoms with Gasteiger partial charge in [0.1, 0.15) is 5.82 Å². The summed E-state index contributed by atoms with van der Waals surface area (Å²) in [6.45, 7) is -0.295. The molecule has 2 amide bonds. The first-order chi connectivity index (χ1) is 15.0. The zero-order chi connectivity index (χ0) is 21.8. The second kappa shape index (κ2) is 9.25. The Balaban J connectivity index is 1.32. The van der Waals surface area contributed by atoms with Crippen molar-refractivity contribution in [1.29, 1.82) is 0 Å². The number of benzene rings is 2. The third kappa shape index (κ3) is 5.26. The van der Waals surface area contributed by atoms with E-state index in [9.17, 15) is 18.4 Å². The monoisotopic (exact) mass is 443 g/mol. The topological polar surface area (TPSA) is 88.9 Å². The zero-order valence-corrected chi connectivity index (χ0v) is 17.2. The molecule has 1 saturated carbocycles. The summed E-state index contributed by atoms with van der Waals surface area (Å²) >= 11 is 1.23. The van der Waals surface area contributed by atoms with Crippen molar-refractivity contribution in [2.75, 3.05) is 17.6 Å². The van der Waals surface area contributed by atoms with Gasteiger partial charge in [-0.2, -0.15) is 0 Å². The molecule has 0 unspecified atom stereocenters. The van der Waals surface area contributed by atoms with E-state index in [0.717, 1.165) is 36.5 Å². The number of para-hydroxylation sites is 1. The molecule has 0 saturated heterocycles. The van der Waals surface area contributed by atoms with Crippen LogP contribution in [0.1, 0.15) is 24.6 Å². The molecule has 160 valence electrons. The molecule has 7 nitrogen and oxygen atoms in total. The SMILES string of the molecule is O=C(CSc1nnc(C2CC2)n1-c1ccccc1)NCC(=O)Nc1ccc(F)c(F)c1. The maximum absolute atomic E-state index is 13.2. The minimum absolute atomic E-state index is 0.0497. The number of aromatic nitrogens is 3. The first-order valence-electron chi connectivity index (χ1n) is 9.66. The quantitative estimate of drug-likeness (QED) is 0.522. The lowest BCUT2D eigenvalue weighted by Gasteiger charge is -2.10. The van der Waals surface area contributed by atoms with Gasteiger partial charge in [0, 0.05) is 23.4 Å². The number of amides is 2. The van der Waals surface area contributed by atoms with Crippen molar-refractivity contribution < 1.29 is 18.4 Å². The smallest absolute Gasteiger partial charge is 0.243 e. The number of nitrogens with one attached hydrogen (secondary N) is 2. The minimum atomic E-state index is -1.06. The highest BCUT2D eigenvalue weighted by molar-refractivity contribution is 7.99. The fourth-order valence-electron chi connectivity index (χ4n) is 2.94. The van der Waals surface area contributed by atoms with E-state index in [-0.39, 0.29) is 23.9 Å². The molecule has 1 aliphatic rings. The summed E-state index contributed by atoms with van der Waals surface area (Å²) < 4.78 is 28.1. The van der Waals surface area contributed by atoms with Gasteiger partial charge in [0.15, 0.2) is 16.8 Å². The third-order valence-corrected chi connectivity index (χ3v) is 5.53. The van der Waals surface area contributed by atoms with Gasteiger partial charge in [-0.05, 0) is 37.1 Å². The molecule has 4 rings (SSSR count). The Morgan fingerprint density at radius 3 is 2.52 bits per heavy atom. The average Bonchev–Trinajstić information content (AvgIpc) is 3.53. The second-order valence-corrected chi connectivity index (χ2v) is 7.97. The number of halogens is 2. The van der Waals surface area contributed by atoms with Crippen LogP contribution in [-0.2, 0) is 9.59 Å². The van der Waals surface area contributed by atoms with Gasteiger partial charge in [0.2, 0.25) is 11.8 Å². The van der Waals surface area contributed by atoms with E-state index in [0.29, 0.717) is 11.1 Å². The Labute approximate surface area is 181 Å². The van der Waals surface area contributed by atoms with Crippen LogP contribution in [0, 0.1) is 11.6 Å². The Hall–Kier alpha value is -3.27. The van der Waals surface area contributed by atoms with E-state index >= 15 is 0 Å². The van der Waals surface area contributed by atoms with E-state index in [1.54, 1.807) is 0 Å². The van der Waals surface area contributed by atoms with Crippen LogP contribution >= 0.6 is 11.8 Å². The fourth-order valence-corrected chi connectivity index (χ4v) is 3.73. The molecule has 0 atom stereocenters. The molecule has 31 heavy (non-hydrogen) atoms. The number of thioether (sulfide) groups is 1. The highest BCUT2D eigenvalue weighted by atomic mass is 32.2. The molecular formula is C21H19F2N5O2S. The lowest BCUT2D eigenvalue weighted by atomic mass is 10.3. The summed E-state index contributed by atoms with van der Waals surface area (Å²) in [5.41, 5.74) is 1.04. The third-order valence-electron chi connectivity index (χ3n) is 4.60. The zero-order valence-electron chi connectivity index (χ0n) is 16.3. The van der Waals surface area contributed by atoms with Gasteiger partial charge in [-0.25, -0.2) is 8.78 Å². The van der Waals surface area contributed by atoms with Crippen molar-refractivity contribution in [3.05, 3.63) is 66.0 Å². The molecule has 0 spiro atoms. The number of carbonyl (C=O) groups is 2. The summed E-state index contributed by atoms with van der Waals surface area (Å²) in [5, 5.41) is 14.1. The van der Waals surface area contributed by atoms with Gasteiger partial charge in [0.05, 0.1) is 12.3 Å². The van der Waals surface area contributed by atoms with Crippen LogP contribution in [0.4, 0.5) is 14.5 Å². The van der Waals surface area contributed by atoms with Crippen molar-refractivity contribution in [3.8, 4) is 5.69 Å². The molecule has 0 aliphatic heterocycles. The standard InChI is InChI=1S/C21H19F2N5O2S/c22-16-9-8-14(10-17(16)23)25-18(29)11-24-19(30)12-31-21-27-26-20(13-6-7-13)28(21)15-4-2-1-3-5-15/h1-5,8-10,13H,6-7,11-12H2,(H,24,30)(H,25,29). The van der Waals surface area contributed by atoms with Crippen molar-refractivity contribution >= 4 is 29.3 Å². The number of hydrogen-bond acceptors (Lipinski definition) is 5. The largest absolute Gasteiger partial charge is 0.346 e. The van der Waals surface area contributed by atoms with Crippen LogP contribution in [0.3, 0.4) is 0 Å². The fraction of sp³-hybridized carbons (Fsp3) is 0.238. The number of carbonyl (C=O) groups excluding carboxylic acids is 2. The van der Waals surface area contributed by atoms with E-state index < -0.39 is 17.5 Å². The molecule has 3 aromatic rings. The minimum Gasteiger partial charge on any atom is -0.346 e. The molecular weight excluding hydrogens is 424 g/mol. The van der Waals surface area contributed by atoms with Crippen molar-refractivity contribution in [1.82, 2.24) is 20.1 Å². The predicted molar refractivity (Wildman–Crippen MR) is 112 cm³/mol. The molecule has 1 heterocycles. The van der Waals surface area contributed by atoms with Gasteiger partial charge in [-0.1, -0.05) is 30.0 Å². The molecule has 2 N–H and O–H groups in total. The van der Waals surface area contributed by atoms with Crippen LogP contribution in [0.2, 0.25) is 0 Å². The highest BCUT2D eigenvalue weighted by Crippen LogP contribution is 2.41. The van der Waals surface area contributed by atoms with Crippen LogP contribution < -0.4 is 10.6 Å². The summed E-state index contributed by atoms with van der Waals surface area (Å²) in [5.74, 6) is -1.65. The predicted octanol–water partition coefficient (Wildman–Crippen LogP) is 3.27. The van der Waals surface area contributed by atoms with E-state index in [2.05, 4.69) is 20.8 Å². The summed E-state index contributed by atoms with van der Waals surface area (Å²) in [7, 11) is 0. The van der Waals surface area contributed by atoms with E-state index in [1.807, 2.05) is 34.9 Å². The van der Waals surface area contributed by atoms with Gasteiger partial charge in [0.25, 0.3) is 0 Å². The molecule has 1 fully saturated rings. The van der Waals surface area contributed by atoms with Crippen molar-refractivity contribution in [2.45, 2.75) is 23.9 Å². The van der Waals surface area contributed by atoms with Crippen LogP contribution in [0.15, 0.2) is 53.7 Å². The number of nitrogens with zero attached hydrogens (tertiary/aromatic N) is 3. The summed E-state index contributed by atoms with van der Waals surface area (Å²) in [6.07, 6.45) is 2.15. The number of hydrogen-bond donors (Lipinski definition) is 2. The lowest BCUT2D eigenvalue weighted by molar-refractivity contribution is -0.122. The van der Waals surface area contributed by atoms with E-state index in [4.69, 9.17) is 0 Å². The maximum atomic E-state index is 13.2. The highest BCUT2D eigenvalue weighted by Gasteiger charge is 2.31. The Kier molecular flexibility index (Phi) is 6.26. The number of anilines is 1. The molecule has 2 aromatic carbocycles. The second-order valence-electron chi connectivity index (χ2n) is 7.03. The van der Waals surface area contributed by atoms with E-state index in [1.165, 1.54) is 17.8 Å². The Morgan fingerprint density at radius 2 is 1.81 bits per heavy atom. The van der Waals surface area contributed by atoms with Crippen LogP contribution in [0.25, 0.3) is 5.69 Å². The molecule has 10 heteroatoms. The first kappa shape index (κ1) is 21.0. The average molecular weight is 443 g/mol. The summed E-state index contributed by atoms with van der Waals surface area (Å²) in [4.78, 5) is 24.1. The van der Waals surface area contributed by atoms with Gasteiger partial charge < -0.3 is 10.6 Å². The van der Waals surface area contributed by atoms with Gasteiger partial charge >= 0.3 is 0 Å². The number of rotatable bonds is 8. The lowest BCUT2D eigenvalue weighted by Crippen LogP contribution is -2.34. The first-order valence-corrected chi connectivity index (χ1v) is 10.6. The summed E-state index contributed by atoms with van der Waals surface area (Å²) in [6, 6.07) is 12.7. The van der Waals surface area contributed by atoms with Crippen molar-refractivity contribution in [2.24, 2.45) is 0 Å². The molecule has 1 aliphatic carbocycles. The van der Waals surface area contributed by atoms with Crippen LogP contribution in [0.5, 0.6) is 0 Å². The Morgan fingerprint density at radius 1 is 1.03 bits per heavy atom. The Bertz CT molecular complexity index is 1100. The maximum Gasteiger partial charge on any atom is 0.243 e. The van der Waals surface area contributed by atoms with Crippen LogP contribution in [-0.4, -0.2) is 38.9 Å². The normalized spacial score (nSPS) is 13.1. The molecule has 1 aromatic heterocycles. The van der Waals surface area contributed by atoms with Crippen molar-refractivity contribution in [3.63, 3.8) is 0 Å². The molecule has 0 radical (unpaired) electrons. The van der Waals surface area contributed by atoms with Gasteiger partial charge in [-0.15, -0.1) is 10.2 Å². The molecule has 0 bridgehead atoms.